The first kappa shape index (κ1) is 17.0. The summed E-state index contributed by atoms with van der Waals surface area (Å²) in [6, 6.07) is 4.97. The molecule has 2 aromatic rings. The molecule has 1 aromatic carbocycles. The highest BCUT2D eigenvalue weighted by Crippen LogP contribution is 2.28. The third kappa shape index (κ3) is 3.19. The van der Waals surface area contributed by atoms with Crippen LogP contribution in [0, 0.1) is 5.92 Å². The monoisotopic (exact) mass is 366 g/mol. The van der Waals surface area contributed by atoms with E-state index < -0.39 is 10.0 Å². The van der Waals surface area contributed by atoms with Gasteiger partial charge in [0.2, 0.25) is 15.9 Å². The topological polar surface area (TPSA) is 92.3 Å². The van der Waals surface area contributed by atoms with E-state index in [0.29, 0.717) is 43.5 Å². The minimum Gasteiger partial charge on any atom is -0.352 e. The summed E-state index contributed by atoms with van der Waals surface area (Å²) in [5.74, 6) is -0.203. The number of amides is 1. The molecule has 128 valence electrons. The molecule has 1 fully saturated rings. The van der Waals surface area contributed by atoms with Gasteiger partial charge in [-0.05, 0) is 25.0 Å². The van der Waals surface area contributed by atoms with Crippen molar-refractivity contribution in [3.05, 3.63) is 30.9 Å². The Kier molecular flexibility index (Phi) is 4.93. The summed E-state index contributed by atoms with van der Waals surface area (Å²) in [6.07, 6.45) is 2.64. The normalized spacial score (nSPS) is 17.0. The van der Waals surface area contributed by atoms with E-state index >= 15 is 0 Å². The van der Waals surface area contributed by atoms with Crippen molar-refractivity contribution in [2.45, 2.75) is 17.7 Å². The van der Waals surface area contributed by atoms with Crippen LogP contribution in [0.1, 0.15) is 12.8 Å². The molecule has 0 aliphatic carbocycles. The maximum absolute atomic E-state index is 12.9. The molecule has 0 radical (unpaired) electrons. The van der Waals surface area contributed by atoms with Gasteiger partial charge in [0.05, 0.1) is 11.7 Å². The molecule has 1 aliphatic heterocycles. The van der Waals surface area contributed by atoms with Gasteiger partial charge in [0.25, 0.3) is 0 Å². The van der Waals surface area contributed by atoms with E-state index in [0.717, 1.165) is 11.7 Å². The van der Waals surface area contributed by atoms with Gasteiger partial charge in [0, 0.05) is 25.6 Å². The molecule has 9 heteroatoms. The van der Waals surface area contributed by atoms with Gasteiger partial charge in [-0.25, -0.2) is 8.42 Å². The van der Waals surface area contributed by atoms with Crippen molar-refractivity contribution in [1.29, 1.82) is 0 Å². The fraction of sp³-hybridized carbons (Fsp3) is 0.400. The molecule has 0 saturated carbocycles. The smallest absolute Gasteiger partial charge is 0.245 e. The third-order valence-electron chi connectivity index (χ3n) is 4.11. The summed E-state index contributed by atoms with van der Waals surface area (Å²) >= 11 is 0.998. The summed E-state index contributed by atoms with van der Waals surface area (Å²) in [5.41, 5.74) is 0.994. The van der Waals surface area contributed by atoms with Crippen molar-refractivity contribution in [3.63, 3.8) is 0 Å². The highest BCUT2D eigenvalue weighted by atomic mass is 32.2. The second-order valence-electron chi connectivity index (χ2n) is 5.60. The Hall–Kier alpha value is -1.84. The van der Waals surface area contributed by atoms with Gasteiger partial charge in [-0.15, -0.1) is 6.58 Å². The molecule has 1 aliphatic rings. The van der Waals surface area contributed by atoms with Gasteiger partial charge in [0.15, 0.2) is 0 Å². The zero-order chi connectivity index (χ0) is 17.2. The van der Waals surface area contributed by atoms with Crippen molar-refractivity contribution in [3.8, 4) is 0 Å². The van der Waals surface area contributed by atoms with Gasteiger partial charge in [-0.3, -0.25) is 4.79 Å². The first-order valence-electron chi connectivity index (χ1n) is 7.64. The number of aromatic nitrogens is 2. The Morgan fingerprint density at radius 1 is 1.38 bits per heavy atom. The fourth-order valence-corrected chi connectivity index (χ4v) is 5.03. The Balaban J connectivity index is 1.75. The number of nitrogens with zero attached hydrogens (tertiary/aromatic N) is 3. The third-order valence-corrected chi connectivity index (χ3v) is 6.58. The van der Waals surface area contributed by atoms with E-state index in [1.165, 1.54) is 4.31 Å². The van der Waals surface area contributed by atoms with Crippen LogP contribution in [0.5, 0.6) is 0 Å². The molecule has 7 nitrogen and oxygen atoms in total. The van der Waals surface area contributed by atoms with Crippen molar-refractivity contribution < 1.29 is 13.2 Å². The fourth-order valence-electron chi connectivity index (χ4n) is 2.80. The molecular weight excluding hydrogens is 348 g/mol. The average Bonchev–Trinajstić information content (AvgIpc) is 3.08. The van der Waals surface area contributed by atoms with E-state index in [1.54, 1.807) is 24.3 Å². The van der Waals surface area contributed by atoms with Crippen LogP contribution in [-0.2, 0) is 14.8 Å². The largest absolute Gasteiger partial charge is 0.352 e. The molecule has 0 bridgehead atoms. The van der Waals surface area contributed by atoms with Crippen LogP contribution < -0.4 is 5.32 Å². The van der Waals surface area contributed by atoms with E-state index in [4.69, 9.17) is 0 Å². The van der Waals surface area contributed by atoms with E-state index in [2.05, 4.69) is 20.6 Å². The SMILES string of the molecule is C=CCNC(=O)C1CCN(S(=O)(=O)c2cccc3nsnc23)CC1. The number of nitrogens with one attached hydrogen (secondary N) is 1. The molecule has 2 heterocycles. The van der Waals surface area contributed by atoms with Crippen LogP contribution in [-0.4, -0.2) is 47.0 Å². The molecule has 0 spiro atoms. The number of hydrogen-bond donors (Lipinski definition) is 1. The lowest BCUT2D eigenvalue weighted by atomic mass is 9.97. The molecule has 1 saturated heterocycles. The predicted octanol–water partition coefficient (Wildman–Crippen LogP) is 1.39. The van der Waals surface area contributed by atoms with Crippen molar-refractivity contribution in [2.24, 2.45) is 5.92 Å². The summed E-state index contributed by atoms with van der Waals surface area (Å²) in [4.78, 5) is 12.2. The van der Waals surface area contributed by atoms with Crippen LogP contribution in [0.3, 0.4) is 0 Å². The standard InChI is InChI=1S/C15H18N4O3S2/c1-2-8-16-15(20)11-6-9-19(10-7-11)24(21,22)13-5-3-4-12-14(13)18-23-17-12/h2-5,11H,1,6-10H2,(H,16,20). The molecule has 1 N–H and O–H groups in total. The average molecular weight is 366 g/mol. The van der Waals surface area contributed by atoms with Gasteiger partial charge < -0.3 is 5.32 Å². The van der Waals surface area contributed by atoms with Gasteiger partial charge in [-0.2, -0.15) is 13.1 Å². The van der Waals surface area contributed by atoms with E-state index in [1.807, 2.05) is 0 Å². The van der Waals surface area contributed by atoms with Gasteiger partial charge >= 0.3 is 0 Å². The number of fused-ring (bicyclic) bond motifs is 1. The van der Waals surface area contributed by atoms with Gasteiger partial charge in [0.1, 0.15) is 15.9 Å². The first-order chi connectivity index (χ1) is 11.5. The maximum Gasteiger partial charge on any atom is 0.245 e. The number of rotatable bonds is 5. The number of carbonyl (C=O) groups excluding carboxylic acids is 1. The molecule has 1 amide bonds. The van der Waals surface area contributed by atoms with Crippen LogP contribution in [0.25, 0.3) is 11.0 Å². The summed E-state index contributed by atoms with van der Waals surface area (Å²) < 4.78 is 35.4. The van der Waals surface area contributed by atoms with Crippen LogP contribution >= 0.6 is 11.7 Å². The van der Waals surface area contributed by atoms with Crippen molar-refractivity contribution in [2.75, 3.05) is 19.6 Å². The Labute approximate surface area is 144 Å². The van der Waals surface area contributed by atoms with E-state index in [-0.39, 0.29) is 16.7 Å². The lowest BCUT2D eigenvalue weighted by Gasteiger charge is -2.30. The van der Waals surface area contributed by atoms with E-state index in [9.17, 15) is 13.2 Å². The Morgan fingerprint density at radius 3 is 2.83 bits per heavy atom. The highest BCUT2D eigenvalue weighted by Gasteiger charge is 2.33. The van der Waals surface area contributed by atoms with Crippen LogP contribution in [0.15, 0.2) is 35.7 Å². The lowest BCUT2D eigenvalue weighted by Crippen LogP contribution is -2.43. The lowest BCUT2D eigenvalue weighted by molar-refractivity contribution is -0.125. The summed E-state index contributed by atoms with van der Waals surface area (Å²) in [7, 11) is -3.63. The van der Waals surface area contributed by atoms with Crippen molar-refractivity contribution in [1.82, 2.24) is 18.4 Å². The number of benzene rings is 1. The predicted molar refractivity (Wildman–Crippen MR) is 92.1 cm³/mol. The molecule has 0 atom stereocenters. The Morgan fingerprint density at radius 2 is 2.12 bits per heavy atom. The zero-order valence-electron chi connectivity index (χ0n) is 13.0. The number of sulfonamides is 1. The molecule has 1 aromatic heterocycles. The van der Waals surface area contributed by atoms with Crippen LogP contribution in [0.2, 0.25) is 0 Å². The second-order valence-corrected chi connectivity index (χ2v) is 8.04. The molecule has 0 unspecified atom stereocenters. The number of piperidine rings is 1. The minimum absolute atomic E-state index is 0.0437. The summed E-state index contributed by atoms with van der Waals surface area (Å²) in [5, 5.41) is 2.77. The highest BCUT2D eigenvalue weighted by molar-refractivity contribution is 7.89. The minimum atomic E-state index is -3.63. The number of hydrogen-bond acceptors (Lipinski definition) is 6. The van der Waals surface area contributed by atoms with Crippen LogP contribution in [0.4, 0.5) is 0 Å². The molecule has 3 rings (SSSR count). The maximum atomic E-state index is 12.9. The molecular formula is C15H18N4O3S2. The first-order valence-corrected chi connectivity index (χ1v) is 9.81. The molecule has 24 heavy (non-hydrogen) atoms. The van der Waals surface area contributed by atoms with Gasteiger partial charge in [-0.1, -0.05) is 12.1 Å². The second kappa shape index (κ2) is 6.96. The zero-order valence-corrected chi connectivity index (χ0v) is 14.6. The summed E-state index contributed by atoms with van der Waals surface area (Å²) in [6.45, 7) is 4.63. The van der Waals surface area contributed by atoms with Crippen molar-refractivity contribution >= 4 is 38.7 Å². The quantitative estimate of drug-likeness (QED) is 0.808. The number of carbonyl (C=O) groups is 1. The Bertz CT molecular complexity index is 854.